The average Bonchev–Trinajstić information content (AvgIpc) is 3.07. The van der Waals surface area contributed by atoms with E-state index in [1.165, 1.54) is 32.4 Å². The van der Waals surface area contributed by atoms with Crippen LogP contribution in [-0.4, -0.2) is 35.6 Å². The molecule has 1 unspecified atom stereocenters. The Morgan fingerprint density at radius 3 is 3.00 bits per heavy atom. The van der Waals surface area contributed by atoms with E-state index in [1.54, 1.807) is 0 Å². The molecule has 1 atom stereocenters. The van der Waals surface area contributed by atoms with Crippen LogP contribution in [0.3, 0.4) is 0 Å². The van der Waals surface area contributed by atoms with Crippen molar-refractivity contribution >= 4 is 21.7 Å². The van der Waals surface area contributed by atoms with Crippen molar-refractivity contribution in [2.75, 3.05) is 25.0 Å². The van der Waals surface area contributed by atoms with Crippen LogP contribution in [0.15, 0.2) is 22.8 Å². The van der Waals surface area contributed by atoms with Gasteiger partial charge < -0.3 is 10.2 Å². The molecule has 0 bridgehead atoms. The molecule has 1 saturated carbocycles. The Kier molecular flexibility index (Phi) is 3.34. The van der Waals surface area contributed by atoms with Gasteiger partial charge in [-0.3, -0.25) is 0 Å². The summed E-state index contributed by atoms with van der Waals surface area (Å²) in [5.74, 6) is 1.76. The third-order valence-corrected chi connectivity index (χ3v) is 4.11. The van der Waals surface area contributed by atoms with Gasteiger partial charge in [0.15, 0.2) is 0 Å². The van der Waals surface area contributed by atoms with E-state index >= 15 is 0 Å². The monoisotopic (exact) mass is 295 g/mol. The van der Waals surface area contributed by atoms with Crippen LogP contribution in [-0.2, 0) is 0 Å². The van der Waals surface area contributed by atoms with Gasteiger partial charge in [0, 0.05) is 19.1 Å². The van der Waals surface area contributed by atoms with Crippen molar-refractivity contribution in [3.05, 3.63) is 22.8 Å². The fraction of sp³-hybridized carbons (Fsp3) is 0.615. The summed E-state index contributed by atoms with van der Waals surface area (Å²) in [6.45, 7) is 3.61. The molecule has 4 heteroatoms. The first-order valence-corrected chi connectivity index (χ1v) is 7.21. The molecule has 2 heterocycles. The third-order valence-electron chi connectivity index (χ3n) is 3.67. The van der Waals surface area contributed by atoms with E-state index in [-0.39, 0.29) is 0 Å². The zero-order valence-electron chi connectivity index (χ0n) is 9.90. The van der Waals surface area contributed by atoms with Crippen molar-refractivity contribution in [2.24, 2.45) is 5.92 Å². The minimum absolute atomic E-state index is 0.788. The van der Waals surface area contributed by atoms with Crippen molar-refractivity contribution in [3.63, 3.8) is 0 Å². The lowest BCUT2D eigenvalue weighted by molar-refractivity contribution is 0.316. The summed E-state index contributed by atoms with van der Waals surface area (Å²) in [5.41, 5.74) is 0. The molecule has 3 nitrogen and oxygen atoms in total. The Bertz CT molecular complexity index is 392. The first kappa shape index (κ1) is 11.5. The number of aromatic nitrogens is 1. The van der Waals surface area contributed by atoms with E-state index < -0.39 is 0 Å². The second kappa shape index (κ2) is 4.94. The van der Waals surface area contributed by atoms with E-state index in [4.69, 9.17) is 0 Å². The Hall–Kier alpha value is -0.610. The smallest absolute Gasteiger partial charge is 0.127 e. The summed E-state index contributed by atoms with van der Waals surface area (Å²) in [5, 5.41) is 3.44. The van der Waals surface area contributed by atoms with E-state index in [9.17, 15) is 0 Å². The van der Waals surface area contributed by atoms with Gasteiger partial charge in [-0.05, 0) is 59.8 Å². The Morgan fingerprint density at radius 2 is 2.24 bits per heavy atom. The highest BCUT2D eigenvalue weighted by atomic mass is 79.9. The Balaban J connectivity index is 1.48. The summed E-state index contributed by atoms with van der Waals surface area (Å²) in [4.78, 5) is 7.05. The molecule has 92 valence electrons. The Labute approximate surface area is 111 Å². The lowest BCUT2D eigenvalue weighted by Gasteiger charge is -2.15. The first-order valence-electron chi connectivity index (χ1n) is 6.42. The molecule has 0 amide bonds. The third kappa shape index (κ3) is 2.99. The van der Waals surface area contributed by atoms with Crippen molar-refractivity contribution in [2.45, 2.75) is 25.3 Å². The highest BCUT2D eigenvalue weighted by Gasteiger charge is 2.34. The average molecular weight is 296 g/mol. The molecule has 1 aromatic heterocycles. The maximum absolute atomic E-state index is 4.39. The molecule has 0 spiro atoms. The zero-order valence-corrected chi connectivity index (χ0v) is 11.5. The predicted octanol–water partition coefficient (Wildman–Crippen LogP) is 2.74. The predicted molar refractivity (Wildman–Crippen MR) is 73.1 cm³/mol. The SMILES string of the molecule is Brc1cccc(NCC2CCN(C3CC3)C2)n1. The molecule has 17 heavy (non-hydrogen) atoms. The number of hydrogen-bond acceptors (Lipinski definition) is 3. The standard InChI is InChI=1S/C13H18BrN3/c14-12-2-1-3-13(16-12)15-8-10-6-7-17(9-10)11-4-5-11/h1-3,10-11H,4-9H2,(H,15,16). The van der Waals surface area contributed by atoms with Gasteiger partial charge in [-0.2, -0.15) is 0 Å². The fourth-order valence-electron chi connectivity index (χ4n) is 2.56. The molecule has 2 aliphatic rings. The number of pyridine rings is 1. The minimum Gasteiger partial charge on any atom is -0.370 e. The van der Waals surface area contributed by atoms with Crippen LogP contribution in [0.25, 0.3) is 0 Å². The van der Waals surface area contributed by atoms with Gasteiger partial charge in [0.1, 0.15) is 10.4 Å². The summed E-state index contributed by atoms with van der Waals surface area (Å²) in [6, 6.07) is 6.92. The number of rotatable bonds is 4. The molecule has 1 aromatic rings. The van der Waals surface area contributed by atoms with Gasteiger partial charge in [0.25, 0.3) is 0 Å². The topological polar surface area (TPSA) is 28.2 Å². The number of nitrogens with zero attached hydrogens (tertiary/aromatic N) is 2. The molecule has 0 radical (unpaired) electrons. The molecule has 1 aliphatic carbocycles. The quantitative estimate of drug-likeness (QED) is 0.866. The molecular formula is C13H18BrN3. The normalized spacial score (nSPS) is 25.1. The molecule has 1 saturated heterocycles. The largest absolute Gasteiger partial charge is 0.370 e. The summed E-state index contributed by atoms with van der Waals surface area (Å²) < 4.78 is 0.897. The van der Waals surface area contributed by atoms with Crippen LogP contribution in [0.4, 0.5) is 5.82 Å². The lowest BCUT2D eigenvalue weighted by atomic mass is 10.1. The van der Waals surface area contributed by atoms with E-state index in [1.807, 2.05) is 18.2 Å². The van der Waals surface area contributed by atoms with Crippen molar-refractivity contribution in [3.8, 4) is 0 Å². The number of anilines is 1. The molecule has 1 N–H and O–H groups in total. The number of likely N-dealkylation sites (tertiary alicyclic amines) is 1. The molecular weight excluding hydrogens is 278 g/mol. The fourth-order valence-corrected chi connectivity index (χ4v) is 2.90. The van der Waals surface area contributed by atoms with Crippen molar-refractivity contribution in [1.82, 2.24) is 9.88 Å². The van der Waals surface area contributed by atoms with Gasteiger partial charge in [0.05, 0.1) is 0 Å². The first-order chi connectivity index (χ1) is 8.31. The van der Waals surface area contributed by atoms with Gasteiger partial charge >= 0.3 is 0 Å². The Morgan fingerprint density at radius 1 is 1.35 bits per heavy atom. The van der Waals surface area contributed by atoms with Gasteiger partial charge in [0.2, 0.25) is 0 Å². The van der Waals surface area contributed by atoms with E-state index in [0.29, 0.717) is 0 Å². The molecule has 3 rings (SSSR count). The maximum Gasteiger partial charge on any atom is 0.127 e. The van der Waals surface area contributed by atoms with Gasteiger partial charge in [-0.15, -0.1) is 0 Å². The van der Waals surface area contributed by atoms with Gasteiger partial charge in [-0.1, -0.05) is 6.07 Å². The number of hydrogen-bond donors (Lipinski definition) is 1. The van der Waals surface area contributed by atoms with Crippen molar-refractivity contribution < 1.29 is 0 Å². The minimum atomic E-state index is 0.788. The second-order valence-electron chi connectivity index (χ2n) is 5.11. The van der Waals surface area contributed by atoms with Crippen LogP contribution < -0.4 is 5.32 Å². The summed E-state index contributed by atoms with van der Waals surface area (Å²) in [7, 11) is 0. The molecule has 0 aromatic carbocycles. The van der Waals surface area contributed by atoms with E-state index in [2.05, 4.69) is 31.1 Å². The van der Waals surface area contributed by atoms with Crippen LogP contribution in [0.2, 0.25) is 0 Å². The van der Waals surface area contributed by atoms with Gasteiger partial charge in [-0.25, -0.2) is 4.98 Å². The highest BCUT2D eigenvalue weighted by molar-refractivity contribution is 9.10. The zero-order chi connectivity index (χ0) is 11.7. The lowest BCUT2D eigenvalue weighted by Crippen LogP contribution is -2.24. The maximum atomic E-state index is 4.39. The second-order valence-corrected chi connectivity index (χ2v) is 5.92. The highest BCUT2D eigenvalue weighted by Crippen LogP contribution is 2.31. The molecule has 1 aliphatic heterocycles. The van der Waals surface area contributed by atoms with Crippen molar-refractivity contribution in [1.29, 1.82) is 0 Å². The van der Waals surface area contributed by atoms with Crippen LogP contribution in [0, 0.1) is 5.92 Å². The van der Waals surface area contributed by atoms with Crippen LogP contribution in [0.5, 0.6) is 0 Å². The summed E-state index contributed by atoms with van der Waals surface area (Å²) in [6.07, 6.45) is 4.18. The molecule has 2 fully saturated rings. The van der Waals surface area contributed by atoms with Crippen LogP contribution >= 0.6 is 15.9 Å². The summed E-state index contributed by atoms with van der Waals surface area (Å²) >= 11 is 3.39. The number of nitrogens with one attached hydrogen (secondary N) is 1. The van der Waals surface area contributed by atoms with E-state index in [0.717, 1.165) is 28.9 Å². The number of halogens is 1. The van der Waals surface area contributed by atoms with Crippen LogP contribution in [0.1, 0.15) is 19.3 Å².